The Balaban J connectivity index is 2.22. The number of hydrogen-bond donors (Lipinski definition) is 1. The summed E-state index contributed by atoms with van der Waals surface area (Å²) in [5.41, 5.74) is 0. The van der Waals surface area contributed by atoms with Gasteiger partial charge in [0.05, 0.1) is 7.11 Å². The van der Waals surface area contributed by atoms with Gasteiger partial charge in [-0.25, -0.2) is 0 Å². The summed E-state index contributed by atoms with van der Waals surface area (Å²) < 4.78 is 5.20. The van der Waals surface area contributed by atoms with Gasteiger partial charge < -0.3 is 15.0 Å². The maximum atomic E-state index is 5.20. The number of nitrogens with zero attached hydrogens (tertiary/aromatic N) is 4. The topological polar surface area (TPSA) is 63.2 Å². The molecule has 1 saturated carbocycles. The fraction of sp³-hybridized carbons (Fsp3) is 0.786. The molecule has 0 radical (unpaired) electrons. The maximum Gasteiger partial charge on any atom is 0.322 e. The van der Waals surface area contributed by atoms with Gasteiger partial charge in [0, 0.05) is 19.1 Å². The van der Waals surface area contributed by atoms with Crippen LogP contribution in [0.3, 0.4) is 0 Å². The zero-order valence-corrected chi connectivity index (χ0v) is 12.7. The van der Waals surface area contributed by atoms with Crippen molar-refractivity contribution in [2.75, 3.05) is 30.4 Å². The van der Waals surface area contributed by atoms with E-state index in [-0.39, 0.29) is 0 Å². The van der Waals surface area contributed by atoms with Gasteiger partial charge in [0.1, 0.15) is 0 Å². The zero-order valence-electron chi connectivity index (χ0n) is 12.7. The second kappa shape index (κ2) is 7.26. The van der Waals surface area contributed by atoms with E-state index in [0.717, 1.165) is 25.5 Å². The van der Waals surface area contributed by atoms with Gasteiger partial charge in [-0.2, -0.15) is 15.0 Å². The van der Waals surface area contributed by atoms with Gasteiger partial charge in [0.25, 0.3) is 0 Å². The van der Waals surface area contributed by atoms with E-state index in [2.05, 4.69) is 39.0 Å². The number of nitrogens with one attached hydrogen (secondary N) is 1. The van der Waals surface area contributed by atoms with Crippen LogP contribution in [0.5, 0.6) is 6.01 Å². The van der Waals surface area contributed by atoms with Gasteiger partial charge in [-0.05, 0) is 26.2 Å². The Morgan fingerprint density at radius 3 is 2.55 bits per heavy atom. The Morgan fingerprint density at radius 2 is 1.95 bits per heavy atom. The summed E-state index contributed by atoms with van der Waals surface area (Å²) in [6.07, 6.45) is 6.07. The van der Waals surface area contributed by atoms with Gasteiger partial charge in [-0.1, -0.05) is 19.8 Å². The molecule has 1 aromatic rings. The first-order chi connectivity index (χ1) is 9.78. The first-order valence-electron chi connectivity index (χ1n) is 7.59. The Bertz CT molecular complexity index is 420. The summed E-state index contributed by atoms with van der Waals surface area (Å²) in [5, 5.41) is 3.21. The second-order valence-corrected chi connectivity index (χ2v) is 5.10. The minimum absolute atomic E-state index is 0.380. The molecule has 0 spiro atoms. The number of rotatable bonds is 7. The highest BCUT2D eigenvalue weighted by Gasteiger charge is 2.24. The van der Waals surface area contributed by atoms with E-state index in [4.69, 9.17) is 4.74 Å². The molecule has 0 unspecified atom stereocenters. The van der Waals surface area contributed by atoms with E-state index in [1.54, 1.807) is 7.11 Å². The lowest BCUT2D eigenvalue weighted by Gasteiger charge is -2.27. The van der Waals surface area contributed by atoms with Crippen LogP contribution < -0.4 is 15.0 Å². The summed E-state index contributed by atoms with van der Waals surface area (Å²) in [5.74, 6) is 1.33. The van der Waals surface area contributed by atoms with Crippen molar-refractivity contribution in [2.24, 2.45) is 0 Å². The first kappa shape index (κ1) is 14.8. The zero-order chi connectivity index (χ0) is 14.4. The molecule has 6 nitrogen and oxygen atoms in total. The lowest BCUT2D eigenvalue weighted by molar-refractivity contribution is 0.378. The summed E-state index contributed by atoms with van der Waals surface area (Å²) in [4.78, 5) is 15.5. The highest BCUT2D eigenvalue weighted by atomic mass is 16.5. The molecular weight excluding hydrogens is 254 g/mol. The number of aromatic nitrogens is 3. The van der Waals surface area contributed by atoms with Crippen LogP contribution in [-0.2, 0) is 0 Å². The van der Waals surface area contributed by atoms with E-state index < -0.39 is 0 Å². The fourth-order valence-electron chi connectivity index (χ4n) is 2.66. The van der Waals surface area contributed by atoms with Crippen LogP contribution in [-0.4, -0.2) is 41.2 Å². The molecule has 112 valence electrons. The number of anilines is 2. The lowest BCUT2D eigenvalue weighted by Crippen LogP contribution is -2.34. The van der Waals surface area contributed by atoms with Crippen molar-refractivity contribution < 1.29 is 4.74 Å². The summed E-state index contributed by atoms with van der Waals surface area (Å²) in [7, 11) is 1.59. The van der Waals surface area contributed by atoms with Crippen molar-refractivity contribution in [1.29, 1.82) is 0 Å². The Morgan fingerprint density at radius 1 is 1.20 bits per heavy atom. The second-order valence-electron chi connectivity index (χ2n) is 5.10. The average molecular weight is 279 g/mol. The molecule has 0 atom stereocenters. The highest BCUT2D eigenvalue weighted by Crippen LogP contribution is 2.27. The van der Waals surface area contributed by atoms with E-state index in [9.17, 15) is 0 Å². The van der Waals surface area contributed by atoms with Gasteiger partial charge in [-0.15, -0.1) is 0 Å². The summed E-state index contributed by atoms with van der Waals surface area (Å²) in [6.45, 7) is 6.02. The van der Waals surface area contributed by atoms with E-state index in [0.29, 0.717) is 18.0 Å². The molecule has 1 aliphatic carbocycles. The van der Waals surface area contributed by atoms with Crippen LogP contribution in [0, 0.1) is 0 Å². The van der Waals surface area contributed by atoms with Gasteiger partial charge in [-0.3, -0.25) is 0 Å². The molecule has 0 saturated heterocycles. The number of hydrogen-bond acceptors (Lipinski definition) is 6. The summed E-state index contributed by atoms with van der Waals surface area (Å²) >= 11 is 0. The standard InChI is InChI=1S/C14H25N5O/c1-4-10-15-12-16-13(18-14(17-12)20-3)19(5-2)11-8-6-7-9-11/h11H,4-10H2,1-3H3,(H,15,16,17,18). The van der Waals surface area contributed by atoms with Crippen LogP contribution in [0.2, 0.25) is 0 Å². The van der Waals surface area contributed by atoms with Crippen molar-refractivity contribution in [1.82, 2.24) is 15.0 Å². The summed E-state index contributed by atoms with van der Waals surface area (Å²) in [6, 6.07) is 0.927. The minimum Gasteiger partial charge on any atom is -0.467 e. The van der Waals surface area contributed by atoms with E-state index >= 15 is 0 Å². The van der Waals surface area contributed by atoms with Crippen LogP contribution in [0.4, 0.5) is 11.9 Å². The van der Waals surface area contributed by atoms with E-state index in [1.165, 1.54) is 25.7 Å². The molecule has 1 heterocycles. The third-order valence-electron chi connectivity index (χ3n) is 3.68. The Labute approximate surface area is 121 Å². The molecule has 6 heteroatoms. The van der Waals surface area contributed by atoms with E-state index in [1.807, 2.05) is 0 Å². The van der Waals surface area contributed by atoms with Gasteiger partial charge >= 0.3 is 6.01 Å². The smallest absolute Gasteiger partial charge is 0.322 e. The molecule has 0 aromatic carbocycles. The molecular formula is C14H25N5O. The third kappa shape index (κ3) is 3.49. The fourth-order valence-corrected chi connectivity index (χ4v) is 2.66. The lowest BCUT2D eigenvalue weighted by atomic mass is 10.2. The molecule has 2 rings (SSSR count). The van der Waals surface area contributed by atoms with Gasteiger partial charge in [0.15, 0.2) is 0 Å². The normalized spacial score (nSPS) is 15.3. The predicted octanol–water partition coefficient (Wildman–Crippen LogP) is 2.47. The van der Waals surface area contributed by atoms with Crippen molar-refractivity contribution in [3.8, 4) is 6.01 Å². The molecule has 1 fully saturated rings. The van der Waals surface area contributed by atoms with Crippen LogP contribution in [0.1, 0.15) is 46.0 Å². The SMILES string of the molecule is CCCNc1nc(OC)nc(N(CC)C2CCCC2)n1. The minimum atomic E-state index is 0.380. The van der Waals surface area contributed by atoms with Crippen molar-refractivity contribution in [3.63, 3.8) is 0 Å². The third-order valence-corrected chi connectivity index (χ3v) is 3.68. The van der Waals surface area contributed by atoms with Crippen LogP contribution >= 0.6 is 0 Å². The largest absolute Gasteiger partial charge is 0.467 e. The van der Waals surface area contributed by atoms with Gasteiger partial charge in [0.2, 0.25) is 11.9 Å². The molecule has 20 heavy (non-hydrogen) atoms. The molecule has 1 N–H and O–H groups in total. The average Bonchev–Trinajstić information content (AvgIpc) is 2.99. The molecule has 0 aliphatic heterocycles. The van der Waals surface area contributed by atoms with Crippen LogP contribution in [0.15, 0.2) is 0 Å². The highest BCUT2D eigenvalue weighted by molar-refractivity contribution is 5.39. The maximum absolute atomic E-state index is 5.20. The molecule has 0 amide bonds. The van der Waals surface area contributed by atoms with Crippen LogP contribution in [0.25, 0.3) is 0 Å². The van der Waals surface area contributed by atoms with Crippen molar-refractivity contribution in [2.45, 2.75) is 52.0 Å². The predicted molar refractivity (Wildman–Crippen MR) is 80.4 cm³/mol. The van der Waals surface area contributed by atoms with Crippen molar-refractivity contribution >= 4 is 11.9 Å². The van der Waals surface area contributed by atoms with Crippen molar-refractivity contribution in [3.05, 3.63) is 0 Å². The number of methoxy groups -OCH3 is 1. The first-order valence-corrected chi connectivity index (χ1v) is 7.59. The quantitative estimate of drug-likeness (QED) is 0.827. The molecule has 1 aromatic heterocycles. The Kier molecular flexibility index (Phi) is 5.38. The molecule has 0 bridgehead atoms. The monoisotopic (exact) mass is 279 g/mol. The number of ether oxygens (including phenoxy) is 1. The molecule has 1 aliphatic rings. The Hall–Kier alpha value is -1.59.